The summed E-state index contributed by atoms with van der Waals surface area (Å²) >= 11 is 0. The highest BCUT2D eigenvalue weighted by molar-refractivity contribution is 5.88. The van der Waals surface area contributed by atoms with E-state index in [9.17, 15) is 5.26 Å². The predicted molar refractivity (Wildman–Crippen MR) is 77.7 cm³/mol. The molecular formula is C16H18N4. The maximum atomic E-state index is 9.45. The molecule has 4 nitrogen and oxygen atoms in total. The summed E-state index contributed by atoms with van der Waals surface area (Å²) in [5, 5.41) is 18.4. The van der Waals surface area contributed by atoms with Crippen LogP contribution >= 0.6 is 0 Å². The molecule has 4 heteroatoms. The number of nitrogens with zero attached hydrogens (tertiary/aromatic N) is 4. The average Bonchev–Trinajstić information content (AvgIpc) is 2.52. The third kappa shape index (κ3) is 3.59. The van der Waals surface area contributed by atoms with Crippen LogP contribution in [0, 0.1) is 28.7 Å². The molecule has 102 valence electrons. The van der Waals surface area contributed by atoms with E-state index < -0.39 is 0 Å². The van der Waals surface area contributed by atoms with E-state index in [0.717, 1.165) is 31.5 Å². The summed E-state index contributed by atoms with van der Waals surface area (Å²) in [7, 11) is 0. The van der Waals surface area contributed by atoms with Gasteiger partial charge >= 0.3 is 0 Å². The Kier molecular flexibility index (Phi) is 5.15. The van der Waals surface area contributed by atoms with Gasteiger partial charge in [0.05, 0.1) is 6.07 Å². The standard InChI is InChI=1S/C16H18N4/c17-12-15(11-14-7-3-1-4-8-14)16(19-13-18)20-9-5-2-6-10-20/h1,3-4,7-8,15H,2,5-6,9-11H2/b19-16-. The van der Waals surface area contributed by atoms with E-state index in [2.05, 4.69) is 16.0 Å². The predicted octanol–water partition coefficient (Wildman–Crippen LogP) is 2.73. The van der Waals surface area contributed by atoms with Gasteiger partial charge in [0.25, 0.3) is 0 Å². The van der Waals surface area contributed by atoms with Crippen LogP contribution in [0.3, 0.4) is 0 Å². The van der Waals surface area contributed by atoms with Gasteiger partial charge in [0.2, 0.25) is 6.19 Å². The molecule has 0 amide bonds. The van der Waals surface area contributed by atoms with Gasteiger partial charge in [0.15, 0.2) is 0 Å². The lowest BCUT2D eigenvalue weighted by Gasteiger charge is -2.31. The molecule has 1 saturated heterocycles. The van der Waals surface area contributed by atoms with Crippen molar-refractivity contribution in [3.05, 3.63) is 35.9 Å². The number of rotatable bonds is 3. The molecule has 2 rings (SSSR count). The molecule has 0 saturated carbocycles. The Hall–Kier alpha value is -2.33. The van der Waals surface area contributed by atoms with Gasteiger partial charge in [0.1, 0.15) is 11.8 Å². The topological polar surface area (TPSA) is 63.2 Å². The van der Waals surface area contributed by atoms with Crippen molar-refractivity contribution in [1.82, 2.24) is 4.90 Å². The Balaban J connectivity index is 2.16. The van der Waals surface area contributed by atoms with Gasteiger partial charge in [-0.15, -0.1) is 0 Å². The van der Waals surface area contributed by atoms with Crippen molar-refractivity contribution in [2.45, 2.75) is 25.7 Å². The van der Waals surface area contributed by atoms with Crippen molar-refractivity contribution in [2.24, 2.45) is 10.9 Å². The van der Waals surface area contributed by atoms with Crippen molar-refractivity contribution in [1.29, 1.82) is 10.5 Å². The molecular weight excluding hydrogens is 248 g/mol. The molecule has 0 bridgehead atoms. The van der Waals surface area contributed by atoms with Crippen LogP contribution in [0.5, 0.6) is 0 Å². The highest BCUT2D eigenvalue weighted by Gasteiger charge is 2.23. The summed E-state index contributed by atoms with van der Waals surface area (Å²) < 4.78 is 0. The second-order valence-corrected chi connectivity index (χ2v) is 4.99. The molecule has 0 aliphatic carbocycles. The molecule has 1 atom stereocenters. The lowest BCUT2D eigenvalue weighted by atomic mass is 9.97. The van der Waals surface area contributed by atoms with Gasteiger partial charge in [-0.1, -0.05) is 30.3 Å². The summed E-state index contributed by atoms with van der Waals surface area (Å²) in [6.07, 6.45) is 5.89. The summed E-state index contributed by atoms with van der Waals surface area (Å²) in [5.41, 5.74) is 1.10. The molecule has 0 N–H and O–H groups in total. The van der Waals surface area contributed by atoms with E-state index in [1.54, 1.807) is 0 Å². The number of benzene rings is 1. The molecule has 1 aromatic carbocycles. The summed E-state index contributed by atoms with van der Waals surface area (Å²) in [5.74, 6) is 0.286. The quantitative estimate of drug-likeness (QED) is 0.480. The number of piperidine rings is 1. The molecule has 0 radical (unpaired) electrons. The fraction of sp³-hybridized carbons (Fsp3) is 0.438. The Bertz CT molecular complexity index is 530. The van der Waals surface area contributed by atoms with E-state index in [4.69, 9.17) is 5.26 Å². The Labute approximate surface area is 120 Å². The average molecular weight is 266 g/mol. The zero-order valence-corrected chi connectivity index (χ0v) is 11.5. The molecule has 20 heavy (non-hydrogen) atoms. The summed E-state index contributed by atoms with van der Waals surface area (Å²) in [6, 6.07) is 12.2. The van der Waals surface area contributed by atoms with E-state index in [1.807, 2.05) is 36.5 Å². The van der Waals surface area contributed by atoms with E-state index in [0.29, 0.717) is 12.3 Å². The smallest absolute Gasteiger partial charge is 0.207 e. The van der Waals surface area contributed by atoms with E-state index in [1.165, 1.54) is 6.42 Å². The molecule has 1 fully saturated rings. The monoisotopic (exact) mass is 266 g/mol. The van der Waals surface area contributed by atoms with Gasteiger partial charge in [-0.3, -0.25) is 0 Å². The van der Waals surface area contributed by atoms with Gasteiger partial charge in [0, 0.05) is 13.1 Å². The lowest BCUT2D eigenvalue weighted by molar-refractivity contribution is 0.331. The van der Waals surface area contributed by atoms with Crippen LogP contribution in [0.4, 0.5) is 0 Å². The van der Waals surface area contributed by atoms with Crippen LogP contribution in [0.25, 0.3) is 0 Å². The van der Waals surface area contributed by atoms with Crippen LogP contribution in [0.1, 0.15) is 24.8 Å². The number of nitriles is 2. The molecule has 1 aliphatic rings. The lowest BCUT2D eigenvalue weighted by Crippen LogP contribution is -2.40. The normalized spacial score (nSPS) is 17.1. The Morgan fingerprint density at radius 3 is 2.45 bits per heavy atom. The SMILES string of the molecule is N#C/N=C(/C(C#N)Cc1ccccc1)N1CCCCC1. The number of hydrogen-bond acceptors (Lipinski definition) is 3. The van der Waals surface area contributed by atoms with Crippen LogP contribution in [0.15, 0.2) is 35.3 Å². The minimum Gasteiger partial charge on any atom is -0.358 e. The molecule has 1 heterocycles. The van der Waals surface area contributed by atoms with Crippen LogP contribution in [-0.2, 0) is 6.42 Å². The number of aliphatic imine (C=N–C) groups is 1. The fourth-order valence-electron chi connectivity index (χ4n) is 2.59. The van der Waals surface area contributed by atoms with Crippen molar-refractivity contribution in [3.8, 4) is 12.3 Å². The zero-order valence-electron chi connectivity index (χ0n) is 11.5. The third-order valence-corrected chi connectivity index (χ3v) is 3.59. The first-order valence-corrected chi connectivity index (χ1v) is 7.00. The highest BCUT2D eigenvalue weighted by Crippen LogP contribution is 2.17. The summed E-state index contributed by atoms with van der Waals surface area (Å²) in [6.45, 7) is 1.79. The van der Waals surface area contributed by atoms with Crippen molar-refractivity contribution in [3.63, 3.8) is 0 Å². The second-order valence-electron chi connectivity index (χ2n) is 4.99. The van der Waals surface area contributed by atoms with Crippen LogP contribution in [-0.4, -0.2) is 23.8 Å². The number of hydrogen-bond donors (Lipinski definition) is 0. The van der Waals surface area contributed by atoms with Crippen LogP contribution in [0.2, 0.25) is 0 Å². The summed E-state index contributed by atoms with van der Waals surface area (Å²) in [4.78, 5) is 6.04. The minimum absolute atomic E-state index is 0.352. The largest absolute Gasteiger partial charge is 0.358 e. The van der Waals surface area contributed by atoms with Gasteiger partial charge in [-0.25, -0.2) is 0 Å². The first-order chi connectivity index (χ1) is 9.85. The van der Waals surface area contributed by atoms with Gasteiger partial charge in [-0.2, -0.15) is 15.5 Å². The minimum atomic E-state index is -0.352. The van der Waals surface area contributed by atoms with Crippen molar-refractivity contribution >= 4 is 5.84 Å². The van der Waals surface area contributed by atoms with Crippen molar-refractivity contribution < 1.29 is 0 Å². The fourth-order valence-corrected chi connectivity index (χ4v) is 2.59. The van der Waals surface area contributed by atoms with Crippen LogP contribution < -0.4 is 0 Å². The first-order valence-electron chi connectivity index (χ1n) is 7.00. The first kappa shape index (κ1) is 14.1. The number of likely N-dealkylation sites (tertiary alicyclic amines) is 1. The Morgan fingerprint density at radius 2 is 1.85 bits per heavy atom. The van der Waals surface area contributed by atoms with Gasteiger partial charge < -0.3 is 4.90 Å². The highest BCUT2D eigenvalue weighted by atomic mass is 15.2. The molecule has 1 aliphatic heterocycles. The van der Waals surface area contributed by atoms with Gasteiger partial charge in [-0.05, 0) is 31.2 Å². The third-order valence-electron chi connectivity index (χ3n) is 3.59. The second kappa shape index (κ2) is 7.31. The molecule has 0 aromatic heterocycles. The van der Waals surface area contributed by atoms with E-state index in [-0.39, 0.29) is 5.92 Å². The maximum Gasteiger partial charge on any atom is 0.207 e. The van der Waals surface area contributed by atoms with Crippen molar-refractivity contribution in [2.75, 3.05) is 13.1 Å². The van der Waals surface area contributed by atoms with E-state index >= 15 is 0 Å². The molecule has 1 unspecified atom stereocenters. The number of amidine groups is 1. The molecule has 0 spiro atoms. The maximum absolute atomic E-state index is 9.45. The zero-order chi connectivity index (χ0) is 14.2. The molecule has 1 aromatic rings. The Morgan fingerprint density at radius 1 is 1.15 bits per heavy atom.